The van der Waals surface area contributed by atoms with Crippen LogP contribution in [0.3, 0.4) is 0 Å². The van der Waals surface area contributed by atoms with Gasteiger partial charge in [0.25, 0.3) is 0 Å². The Kier molecular flexibility index (Phi) is 2.56. The number of nitrogens with zero attached hydrogens (tertiary/aromatic N) is 2. The number of H-pyrrole nitrogens is 1. The van der Waals surface area contributed by atoms with E-state index in [2.05, 4.69) is 49.9 Å². The number of pyridine rings is 1. The molecular weight excluding hydrogens is 292 g/mol. The average molecular weight is 303 g/mol. The van der Waals surface area contributed by atoms with Crippen molar-refractivity contribution in [3.05, 3.63) is 40.4 Å². The molecule has 0 fully saturated rings. The highest BCUT2D eigenvalue weighted by Crippen LogP contribution is 2.28. The molecule has 0 atom stereocenters. The summed E-state index contributed by atoms with van der Waals surface area (Å²) in [6.07, 6.45) is 0. The Morgan fingerprint density at radius 3 is 2.78 bits per heavy atom. The largest absolute Gasteiger partial charge is 0.384 e. The second kappa shape index (κ2) is 4.10. The molecule has 4 nitrogen and oxygen atoms in total. The van der Waals surface area contributed by atoms with Gasteiger partial charge < -0.3 is 10.7 Å². The van der Waals surface area contributed by atoms with E-state index in [-0.39, 0.29) is 0 Å². The Balaban J connectivity index is 2.19. The monoisotopic (exact) mass is 302 g/mol. The molecule has 3 aromatic rings. The van der Waals surface area contributed by atoms with Crippen molar-refractivity contribution in [3.8, 4) is 11.4 Å². The lowest BCUT2D eigenvalue weighted by molar-refractivity contribution is 1.29. The third-order valence-electron chi connectivity index (χ3n) is 2.75. The maximum absolute atomic E-state index is 5.65. The SMILES string of the molecule is Cc1ccc(-c2nc3nc(N)ccc3[nH]2)c(Br)c1. The lowest BCUT2D eigenvalue weighted by Crippen LogP contribution is -1.88. The Hall–Kier alpha value is -1.88. The number of benzene rings is 1. The van der Waals surface area contributed by atoms with Crippen molar-refractivity contribution >= 4 is 32.9 Å². The highest BCUT2D eigenvalue weighted by Gasteiger charge is 2.09. The first-order chi connectivity index (χ1) is 8.63. The van der Waals surface area contributed by atoms with Crippen LogP contribution in [-0.2, 0) is 0 Å². The zero-order valence-electron chi connectivity index (χ0n) is 9.74. The van der Waals surface area contributed by atoms with Gasteiger partial charge in [-0.3, -0.25) is 0 Å². The molecule has 0 bridgehead atoms. The predicted molar refractivity (Wildman–Crippen MR) is 76.2 cm³/mol. The summed E-state index contributed by atoms with van der Waals surface area (Å²) in [5.74, 6) is 1.26. The van der Waals surface area contributed by atoms with Gasteiger partial charge in [0.05, 0.1) is 5.52 Å². The first kappa shape index (κ1) is 11.2. The van der Waals surface area contributed by atoms with Gasteiger partial charge in [-0.05, 0) is 36.8 Å². The van der Waals surface area contributed by atoms with Crippen LogP contribution in [0.25, 0.3) is 22.6 Å². The van der Waals surface area contributed by atoms with E-state index < -0.39 is 0 Å². The Morgan fingerprint density at radius 2 is 2.00 bits per heavy atom. The van der Waals surface area contributed by atoms with Crippen molar-refractivity contribution in [2.24, 2.45) is 0 Å². The van der Waals surface area contributed by atoms with Crippen molar-refractivity contribution in [2.45, 2.75) is 6.92 Å². The number of hydrogen-bond acceptors (Lipinski definition) is 3. The average Bonchev–Trinajstić information content (AvgIpc) is 2.71. The van der Waals surface area contributed by atoms with Gasteiger partial charge in [0.2, 0.25) is 0 Å². The first-order valence-electron chi connectivity index (χ1n) is 5.52. The molecular formula is C13H11BrN4. The molecule has 2 aromatic heterocycles. The number of imidazole rings is 1. The number of rotatable bonds is 1. The molecule has 0 amide bonds. The van der Waals surface area contributed by atoms with Gasteiger partial charge >= 0.3 is 0 Å². The Labute approximate surface area is 112 Å². The first-order valence-corrected chi connectivity index (χ1v) is 6.31. The van der Waals surface area contributed by atoms with Gasteiger partial charge in [0, 0.05) is 10.0 Å². The molecule has 0 aliphatic heterocycles. The third kappa shape index (κ3) is 1.86. The standard InChI is InChI=1S/C13H11BrN4/c1-7-2-3-8(9(14)6-7)12-16-10-4-5-11(15)17-13(10)18-12/h2-6H,1H3,(H3,15,16,17,18). The molecule has 3 rings (SSSR count). The molecule has 90 valence electrons. The van der Waals surface area contributed by atoms with Gasteiger partial charge in [-0.15, -0.1) is 0 Å². The van der Waals surface area contributed by atoms with Crippen LogP contribution in [0, 0.1) is 6.92 Å². The number of aryl methyl sites for hydroxylation is 1. The van der Waals surface area contributed by atoms with Gasteiger partial charge in [-0.2, -0.15) is 0 Å². The molecule has 0 radical (unpaired) electrons. The molecule has 18 heavy (non-hydrogen) atoms. The number of nitrogens with one attached hydrogen (secondary N) is 1. The molecule has 0 spiro atoms. The fraction of sp³-hybridized carbons (Fsp3) is 0.0769. The quantitative estimate of drug-likeness (QED) is 0.725. The summed E-state index contributed by atoms with van der Waals surface area (Å²) in [6, 6.07) is 9.78. The third-order valence-corrected chi connectivity index (χ3v) is 3.40. The fourth-order valence-corrected chi connectivity index (χ4v) is 2.53. The van der Waals surface area contributed by atoms with Crippen LogP contribution < -0.4 is 5.73 Å². The van der Waals surface area contributed by atoms with Crippen molar-refractivity contribution in [1.82, 2.24) is 15.0 Å². The van der Waals surface area contributed by atoms with Crippen LogP contribution in [0.2, 0.25) is 0 Å². The zero-order chi connectivity index (χ0) is 12.7. The number of aromatic amines is 1. The maximum Gasteiger partial charge on any atom is 0.180 e. The molecule has 0 saturated heterocycles. The maximum atomic E-state index is 5.65. The highest BCUT2D eigenvalue weighted by molar-refractivity contribution is 9.10. The van der Waals surface area contributed by atoms with Gasteiger partial charge in [-0.25, -0.2) is 9.97 Å². The van der Waals surface area contributed by atoms with Crippen LogP contribution in [0.5, 0.6) is 0 Å². The van der Waals surface area contributed by atoms with Crippen molar-refractivity contribution in [1.29, 1.82) is 0 Å². The Morgan fingerprint density at radius 1 is 1.17 bits per heavy atom. The van der Waals surface area contributed by atoms with E-state index >= 15 is 0 Å². The summed E-state index contributed by atoms with van der Waals surface area (Å²) >= 11 is 3.55. The van der Waals surface area contributed by atoms with Gasteiger partial charge in [0.1, 0.15) is 11.6 Å². The van der Waals surface area contributed by atoms with Crippen LogP contribution >= 0.6 is 15.9 Å². The lowest BCUT2D eigenvalue weighted by Gasteiger charge is -2.01. The lowest BCUT2D eigenvalue weighted by atomic mass is 10.1. The summed E-state index contributed by atoms with van der Waals surface area (Å²) < 4.78 is 1.01. The normalized spacial score (nSPS) is 11.0. The number of halogens is 1. The summed E-state index contributed by atoms with van der Waals surface area (Å²) in [5, 5.41) is 0. The summed E-state index contributed by atoms with van der Waals surface area (Å²) in [7, 11) is 0. The number of anilines is 1. The van der Waals surface area contributed by atoms with Crippen molar-refractivity contribution in [2.75, 3.05) is 5.73 Å². The molecule has 0 aliphatic rings. The van der Waals surface area contributed by atoms with Crippen LogP contribution in [-0.4, -0.2) is 15.0 Å². The van der Waals surface area contributed by atoms with E-state index in [0.717, 1.165) is 21.4 Å². The van der Waals surface area contributed by atoms with Crippen LogP contribution in [0.1, 0.15) is 5.56 Å². The highest BCUT2D eigenvalue weighted by atomic mass is 79.9. The molecule has 3 N–H and O–H groups in total. The van der Waals surface area contributed by atoms with Crippen molar-refractivity contribution in [3.63, 3.8) is 0 Å². The molecule has 1 aromatic carbocycles. The second-order valence-corrected chi connectivity index (χ2v) is 5.03. The molecule has 0 unspecified atom stereocenters. The minimum atomic E-state index is 0.475. The molecule has 5 heteroatoms. The topological polar surface area (TPSA) is 67.6 Å². The number of aromatic nitrogens is 3. The minimum Gasteiger partial charge on any atom is -0.384 e. The Bertz CT molecular complexity index is 733. The smallest absolute Gasteiger partial charge is 0.180 e. The van der Waals surface area contributed by atoms with Crippen molar-refractivity contribution < 1.29 is 0 Å². The number of fused-ring (bicyclic) bond motifs is 1. The second-order valence-electron chi connectivity index (χ2n) is 4.18. The summed E-state index contributed by atoms with van der Waals surface area (Å²) in [5.41, 5.74) is 9.37. The van der Waals surface area contributed by atoms with Gasteiger partial charge in [0.15, 0.2) is 5.65 Å². The molecule has 0 saturated carbocycles. The minimum absolute atomic E-state index is 0.475. The predicted octanol–water partition coefficient (Wildman–Crippen LogP) is 3.28. The van der Waals surface area contributed by atoms with E-state index in [4.69, 9.17) is 5.73 Å². The van der Waals surface area contributed by atoms with Gasteiger partial charge in [-0.1, -0.05) is 22.0 Å². The van der Waals surface area contributed by atoms with E-state index in [1.165, 1.54) is 5.56 Å². The fourth-order valence-electron chi connectivity index (χ4n) is 1.85. The van der Waals surface area contributed by atoms with E-state index in [0.29, 0.717) is 11.5 Å². The van der Waals surface area contributed by atoms with E-state index in [1.54, 1.807) is 6.07 Å². The number of hydrogen-bond donors (Lipinski definition) is 2. The van der Waals surface area contributed by atoms with E-state index in [1.807, 2.05) is 12.1 Å². The molecule has 0 aliphatic carbocycles. The van der Waals surface area contributed by atoms with Crippen LogP contribution in [0.4, 0.5) is 5.82 Å². The van der Waals surface area contributed by atoms with E-state index in [9.17, 15) is 0 Å². The molecule has 2 heterocycles. The number of nitrogens with two attached hydrogens (primary N) is 1. The summed E-state index contributed by atoms with van der Waals surface area (Å²) in [4.78, 5) is 11.9. The number of nitrogen functional groups attached to an aromatic ring is 1. The zero-order valence-corrected chi connectivity index (χ0v) is 11.3. The van der Waals surface area contributed by atoms with Crippen LogP contribution in [0.15, 0.2) is 34.8 Å². The summed E-state index contributed by atoms with van der Waals surface area (Å²) in [6.45, 7) is 2.05.